The van der Waals surface area contributed by atoms with Crippen LogP contribution in [0.2, 0.25) is 0 Å². The Morgan fingerprint density at radius 3 is 2.83 bits per heavy atom. The number of nitrogens with two attached hydrogens (primary N) is 1. The number of hydrogen-bond acceptors (Lipinski definition) is 3. The summed E-state index contributed by atoms with van der Waals surface area (Å²) in [6, 6.07) is 7.78. The third kappa shape index (κ3) is 2.18. The molecule has 4 rings (SSSR count). The molecule has 2 aromatic rings. The number of nitrogens with zero attached hydrogens (tertiary/aromatic N) is 1. The molecule has 3 unspecified atom stereocenters. The van der Waals surface area contributed by atoms with Gasteiger partial charge in [-0.25, -0.2) is 0 Å². The number of pyridine rings is 1. The van der Waals surface area contributed by atoms with Crippen LogP contribution >= 0.6 is 0 Å². The molecule has 2 aliphatic rings. The number of carbonyl (C=O) groups excluding carboxylic acids is 1. The molecule has 2 fully saturated rings. The van der Waals surface area contributed by atoms with Gasteiger partial charge in [0.2, 0.25) is 0 Å². The molecule has 0 bridgehead atoms. The Morgan fingerprint density at radius 2 is 2.04 bits per heavy atom. The number of benzene rings is 1. The van der Waals surface area contributed by atoms with Gasteiger partial charge in [0.15, 0.2) is 0 Å². The minimum Gasteiger partial charge on any atom is -0.338 e. The molecule has 1 aromatic heterocycles. The van der Waals surface area contributed by atoms with Gasteiger partial charge in [-0.3, -0.25) is 9.59 Å². The summed E-state index contributed by atoms with van der Waals surface area (Å²) in [4.78, 5) is 30.0. The van der Waals surface area contributed by atoms with E-state index in [9.17, 15) is 9.59 Å². The van der Waals surface area contributed by atoms with Crippen LogP contribution in [0.25, 0.3) is 10.9 Å². The lowest BCUT2D eigenvalue weighted by atomic mass is 9.98. The second-order valence-electron chi connectivity index (χ2n) is 6.87. The third-order valence-corrected chi connectivity index (χ3v) is 5.59. The summed E-state index contributed by atoms with van der Waals surface area (Å²) in [7, 11) is 0. The first-order chi connectivity index (χ1) is 11.1. The molecule has 1 aromatic carbocycles. The van der Waals surface area contributed by atoms with E-state index in [0.717, 1.165) is 35.9 Å². The number of fused-ring (bicyclic) bond motifs is 2. The average molecular weight is 311 g/mol. The lowest BCUT2D eigenvalue weighted by Crippen LogP contribution is -2.36. The van der Waals surface area contributed by atoms with Crippen molar-refractivity contribution >= 4 is 16.8 Å². The van der Waals surface area contributed by atoms with Gasteiger partial charge >= 0.3 is 0 Å². The molecule has 5 heteroatoms. The van der Waals surface area contributed by atoms with E-state index >= 15 is 0 Å². The molecule has 1 aliphatic carbocycles. The van der Waals surface area contributed by atoms with Gasteiger partial charge in [0.25, 0.3) is 11.5 Å². The Labute approximate surface area is 134 Å². The summed E-state index contributed by atoms with van der Waals surface area (Å²) < 4.78 is 0. The van der Waals surface area contributed by atoms with Crippen molar-refractivity contribution in [2.75, 3.05) is 13.1 Å². The lowest BCUT2D eigenvalue weighted by Gasteiger charge is -2.19. The highest BCUT2D eigenvalue weighted by atomic mass is 16.2. The number of carbonyl (C=O) groups is 1. The predicted molar refractivity (Wildman–Crippen MR) is 89.4 cm³/mol. The van der Waals surface area contributed by atoms with E-state index in [4.69, 9.17) is 5.73 Å². The second kappa shape index (κ2) is 5.20. The van der Waals surface area contributed by atoms with Gasteiger partial charge in [0.1, 0.15) is 5.56 Å². The Kier molecular flexibility index (Phi) is 3.27. The normalized spacial score (nSPS) is 26.7. The van der Waals surface area contributed by atoms with Crippen LogP contribution in [-0.2, 0) is 0 Å². The molecule has 5 nitrogen and oxygen atoms in total. The van der Waals surface area contributed by atoms with Crippen LogP contribution in [-0.4, -0.2) is 34.9 Å². The van der Waals surface area contributed by atoms with Crippen LogP contribution in [0.1, 0.15) is 28.8 Å². The van der Waals surface area contributed by atoms with E-state index in [1.807, 2.05) is 36.1 Å². The minimum atomic E-state index is -0.299. The Balaban J connectivity index is 1.72. The number of para-hydroxylation sites is 1. The van der Waals surface area contributed by atoms with Gasteiger partial charge in [0, 0.05) is 30.0 Å². The SMILES string of the molecule is Cc1c(C(=O)N2CC3CCC(N)C3C2)c(=O)[nH]c2ccccc12. The average Bonchev–Trinajstić information content (AvgIpc) is 3.10. The maximum Gasteiger partial charge on any atom is 0.261 e. The molecule has 23 heavy (non-hydrogen) atoms. The van der Waals surface area contributed by atoms with Crippen molar-refractivity contribution in [3.8, 4) is 0 Å². The number of likely N-dealkylation sites (tertiary alicyclic amines) is 1. The summed E-state index contributed by atoms with van der Waals surface area (Å²) in [5.41, 5.74) is 7.66. The van der Waals surface area contributed by atoms with Crippen molar-refractivity contribution in [3.63, 3.8) is 0 Å². The number of aryl methyl sites for hydroxylation is 1. The summed E-state index contributed by atoms with van der Waals surface area (Å²) in [5.74, 6) is 0.726. The minimum absolute atomic E-state index is 0.156. The van der Waals surface area contributed by atoms with Gasteiger partial charge < -0.3 is 15.6 Å². The number of nitrogens with one attached hydrogen (secondary N) is 1. The smallest absolute Gasteiger partial charge is 0.261 e. The monoisotopic (exact) mass is 311 g/mol. The molecule has 120 valence electrons. The van der Waals surface area contributed by atoms with Crippen molar-refractivity contribution < 1.29 is 4.79 Å². The number of H-pyrrole nitrogens is 1. The highest BCUT2D eigenvalue weighted by molar-refractivity contribution is 6.00. The topological polar surface area (TPSA) is 79.2 Å². The molecule has 1 saturated heterocycles. The maximum atomic E-state index is 12.9. The largest absolute Gasteiger partial charge is 0.338 e. The Morgan fingerprint density at radius 1 is 1.26 bits per heavy atom. The predicted octanol–water partition coefficient (Wildman–Crippen LogP) is 1.65. The molecular formula is C18H21N3O2. The number of aromatic nitrogens is 1. The van der Waals surface area contributed by atoms with Gasteiger partial charge in [-0.05, 0) is 43.2 Å². The van der Waals surface area contributed by atoms with Gasteiger partial charge in [-0.2, -0.15) is 0 Å². The maximum absolute atomic E-state index is 12.9. The summed E-state index contributed by atoms with van der Waals surface area (Å²) >= 11 is 0. The standard InChI is InChI=1S/C18H21N3O2/c1-10-12-4-2-3-5-15(12)20-17(22)16(10)18(23)21-8-11-6-7-14(19)13(11)9-21/h2-5,11,13-14H,6-9,19H2,1H3,(H,20,22). The molecule has 1 saturated carbocycles. The van der Waals surface area contributed by atoms with E-state index in [1.54, 1.807) is 0 Å². The molecule has 1 amide bonds. The van der Waals surface area contributed by atoms with Crippen LogP contribution in [0.15, 0.2) is 29.1 Å². The molecule has 1 aliphatic heterocycles. The molecule has 3 atom stereocenters. The number of hydrogen-bond donors (Lipinski definition) is 2. The quantitative estimate of drug-likeness (QED) is 0.840. The first-order valence-corrected chi connectivity index (χ1v) is 8.22. The molecule has 0 radical (unpaired) electrons. The third-order valence-electron chi connectivity index (χ3n) is 5.59. The second-order valence-corrected chi connectivity index (χ2v) is 6.87. The van der Waals surface area contributed by atoms with Gasteiger partial charge in [0.05, 0.1) is 0 Å². The number of aromatic amines is 1. The fourth-order valence-electron chi connectivity index (χ4n) is 4.30. The fraction of sp³-hybridized carbons (Fsp3) is 0.444. The van der Waals surface area contributed by atoms with Crippen molar-refractivity contribution in [2.45, 2.75) is 25.8 Å². The van der Waals surface area contributed by atoms with Crippen LogP contribution in [0.4, 0.5) is 0 Å². The lowest BCUT2D eigenvalue weighted by molar-refractivity contribution is 0.0777. The van der Waals surface area contributed by atoms with E-state index in [0.29, 0.717) is 18.4 Å². The zero-order valence-electron chi connectivity index (χ0n) is 13.2. The number of rotatable bonds is 1. The van der Waals surface area contributed by atoms with Crippen molar-refractivity contribution in [3.05, 3.63) is 45.7 Å². The number of amides is 1. The van der Waals surface area contributed by atoms with E-state index in [-0.39, 0.29) is 23.1 Å². The molecule has 2 heterocycles. The van der Waals surface area contributed by atoms with Crippen molar-refractivity contribution in [2.24, 2.45) is 17.6 Å². The summed E-state index contributed by atoms with van der Waals surface area (Å²) in [6.45, 7) is 3.26. The van der Waals surface area contributed by atoms with E-state index in [1.165, 1.54) is 0 Å². The Bertz CT molecular complexity index is 842. The van der Waals surface area contributed by atoms with Crippen LogP contribution in [0, 0.1) is 18.8 Å². The zero-order valence-corrected chi connectivity index (χ0v) is 13.2. The van der Waals surface area contributed by atoms with Crippen molar-refractivity contribution in [1.82, 2.24) is 9.88 Å². The van der Waals surface area contributed by atoms with Crippen LogP contribution < -0.4 is 11.3 Å². The van der Waals surface area contributed by atoms with Gasteiger partial charge in [-0.15, -0.1) is 0 Å². The van der Waals surface area contributed by atoms with Crippen LogP contribution in [0.5, 0.6) is 0 Å². The summed E-state index contributed by atoms with van der Waals surface area (Å²) in [6.07, 6.45) is 2.13. The Hall–Kier alpha value is -2.14. The highest BCUT2D eigenvalue weighted by Crippen LogP contribution is 2.37. The van der Waals surface area contributed by atoms with Crippen molar-refractivity contribution in [1.29, 1.82) is 0 Å². The fourth-order valence-corrected chi connectivity index (χ4v) is 4.30. The van der Waals surface area contributed by atoms with Gasteiger partial charge in [-0.1, -0.05) is 18.2 Å². The molecule has 3 N–H and O–H groups in total. The van der Waals surface area contributed by atoms with E-state index in [2.05, 4.69) is 4.98 Å². The molecular weight excluding hydrogens is 290 g/mol. The molecule has 0 spiro atoms. The first kappa shape index (κ1) is 14.5. The summed E-state index contributed by atoms with van der Waals surface area (Å²) in [5, 5.41) is 0.923. The van der Waals surface area contributed by atoms with E-state index < -0.39 is 0 Å². The first-order valence-electron chi connectivity index (χ1n) is 8.22. The zero-order chi connectivity index (χ0) is 16.1. The highest BCUT2D eigenvalue weighted by Gasteiger charge is 2.43. The van der Waals surface area contributed by atoms with Crippen LogP contribution in [0.3, 0.4) is 0 Å².